The van der Waals surface area contributed by atoms with Gasteiger partial charge in [-0.05, 0) is 18.3 Å². The molecule has 0 aliphatic heterocycles. The lowest BCUT2D eigenvalue weighted by Crippen LogP contribution is -2.24. The van der Waals surface area contributed by atoms with Crippen molar-refractivity contribution in [1.29, 1.82) is 0 Å². The van der Waals surface area contributed by atoms with Crippen molar-refractivity contribution in [3.63, 3.8) is 0 Å². The van der Waals surface area contributed by atoms with Crippen LogP contribution in [0.3, 0.4) is 0 Å². The molecule has 5 heteroatoms. The van der Waals surface area contributed by atoms with Crippen LogP contribution in [0.2, 0.25) is 0 Å². The van der Waals surface area contributed by atoms with Crippen molar-refractivity contribution in [2.24, 2.45) is 0 Å². The van der Waals surface area contributed by atoms with Crippen molar-refractivity contribution in [3.8, 4) is 0 Å². The number of nitrogens with one attached hydrogen (secondary N) is 2. The molecule has 3 nitrogen and oxygen atoms in total. The molecule has 0 saturated heterocycles. The number of carbonyl (C=O) groups is 1. The predicted octanol–water partition coefficient (Wildman–Crippen LogP) is 2.23. The Labute approximate surface area is 79.4 Å². The third-order valence-electron chi connectivity index (χ3n) is 1.41. The minimum absolute atomic E-state index is 0.218. The fourth-order valence-corrected chi connectivity index (χ4v) is 0.844. The van der Waals surface area contributed by atoms with Crippen LogP contribution in [0.5, 0.6) is 0 Å². The molecule has 0 spiro atoms. The van der Waals surface area contributed by atoms with Crippen LogP contribution in [0.15, 0.2) is 31.0 Å². The first-order chi connectivity index (χ1) is 6.63. The van der Waals surface area contributed by atoms with Crippen LogP contribution >= 0.6 is 0 Å². The van der Waals surface area contributed by atoms with E-state index < -0.39 is 17.7 Å². The van der Waals surface area contributed by atoms with Gasteiger partial charge in [0.05, 0.1) is 5.69 Å². The summed E-state index contributed by atoms with van der Waals surface area (Å²) in [6.07, 6.45) is 1.13. The molecule has 0 aliphatic carbocycles. The molecule has 0 bridgehead atoms. The van der Waals surface area contributed by atoms with Gasteiger partial charge in [-0.15, -0.1) is 0 Å². The van der Waals surface area contributed by atoms with Gasteiger partial charge in [-0.3, -0.25) is 0 Å². The van der Waals surface area contributed by atoms with E-state index in [-0.39, 0.29) is 5.69 Å². The summed E-state index contributed by atoms with van der Waals surface area (Å²) >= 11 is 0. The van der Waals surface area contributed by atoms with Gasteiger partial charge in [-0.2, -0.15) is 0 Å². The van der Waals surface area contributed by atoms with Crippen molar-refractivity contribution in [1.82, 2.24) is 5.32 Å². The van der Waals surface area contributed by atoms with Crippen molar-refractivity contribution < 1.29 is 13.6 Å². The molecule has 0 radical (unpaired) electrons. The van der Waals surface area contributed by atoms with Gasteiger partial charge >= 0.3 is 6.03 Å². The third-order valence-corrected chi connectivity index (χ3v) is 1.41. The number of hydrogen-bond acceptors (Lipinski definition) is 1. The molecule has 14 heavy (non-hydrogen) atoms. The number of benzene rings is 1. The highest BCUT2D eigenvalue weighted by atomic mass is 19.1. The van der Waals surface area contributed by atoms with Crippen molar-refractivity contribution in [2.45, 2.75) is 0 Å². The first-order valence-electron chi connectivity index (χ1n) is 3.77. The van der Waals surface area contributed by atoms with Gasteiger partial charge in [0, 0.05) is 6.07 Å². The molecule has 0 aromatic heterocycles. The summed E-state index contributed by atoms with van der Waals surface area (Å²) in [5, 5.41) is 4.28. The molecule has 2 amide bonds. The van der Waals surface area contributed by atoms with E-state index in [9.17, 15) is 13.6 Å². The molecule has 0 heterocycles. The van der Waals surface area contributed by atoms with E-state index in [1.807, 2.05) is 0 Å². The van der Waals surface area contributed by atoms with Gasteiger partial charge in [0.25, 0.3) is 0 Å². The number of amides is 2. The van der Waals surface area contributed by atoms with Crippen LogP contribution in [-0.4, -0.2) is 6.03 Å². The topological polar surface area (TPSA) is 41.1 Å². The Kier molecular flexibility index (Phi) is 3.17. The molecule has 0 unspecified atom stereocenters. The Morgan fingerprint density at radius 3 is 2.79 bits per heavy atom. The predicted molar refractivity (Wildman–Crippen MR) is 48.7 cm³/mol. The Balaban J connectivity index is 2.80. The molecule has 0 aliphatic rings. The van der Waals surface area contributed by atoms with E-state index in [4.69, 9.17) is 0 Å². The van der Waals surface area contributed by atoms with E-state index in [2.05, 4.69) is 17.2 Å². The van der Waals surface area contributed by atoms with Gasteiger partial charge in [0.1, 0.15) is 11.6 Å². The van der Waals surface area contributed by atoms with E-state index in [0.29, 0.717) is 0 Å². The maximum Gasteiger partial charge on any atom is 0.323 e. The minimum atomic E-state index is -0.703. The number of urea groups is 1. The van der Waals surface area contributed by atoms with E-state index in [1.54, 1.807) is 0 Å². The van der Waals surface area contributed by atoms with Crippen molar-refractivity contribution >= 4 is 11.7 Å². The summed E-state index contributed by atoms with van der Waals surface area (Å²) < 4.78 is 25.6. The fourth-order valence-electron chi connectivity index (χ4n) is 0.844. The van der Waals surface area contributed by atoms with E-state index >= 15 is 0 Å². The highest BCUT2D eigenvalue weighted by Gasteiger charge is 2.06. The standard InChI is InChI=1S/C9H8F2N2O/c1-2-12-9(14)13-8-5-6(10)3-4-7(8)11/h2-5H,1H2,(H2,12,13,14). The Hall–Kier alpha value is -1.91. The summed E-state index contributed by atoms with van der Waals surface area (Å²) in [5.74, 6) is -1.33. The molecular weight excluding hydrogens is 190 g/mol. The summed E-state index contributed by atoms with van der Waals surface area (Å²) in [5.41, 5.74) is -0.218. The van der Waals surface area contributed by atoms with Crippen LogP contribution in [0.25, 0.3) is 0 Å². The third kappa shape index (κ3) is 2.55. The summed E-state index contributed by atoms with van der Waals surface area (Å²) in [6.45, 7) is 3.24. The van der Waals surface area contributed by atoms with Crippen LogP contribution < -0.4 is 10.6 Å². The smallest absolute Gasteiger partial charge is 0.315 e. The number of carbonyl (C=O) groups excluding carboxylic acids is 1. The van der Waals surface area contributed by atoms with Gasteiger partial charge in [0.15, 0.2) is 0 Å². The fraction of sp³-hybridized carbons (Fsp3) is 0. The molecule has 1 aromatic rings. The SMILES string of the molecule is C=CNC(=O)Nc1cc(F)ccc1F. The first kappa shape index (κ1) is 10.2. The maximum atomic E-state index is 12.9. The zero-order chi connectivity index (χ0) is 10.6. The Morgan fingerprint density at radius 2 is 2.14 bits per heavy atom. The molecule has 0 atom stereocenters. The highest BCUT2D eigenvalue weighted by molar-refractivity contribution is 5.89. The number of halogens is 2. The number of rotatable bonds is 2. The largest absolute Gasteiger partial charge is 0.323 e. The average Bonchev–Trinajstić information content (AvgIpc) is 2.12. The van der Waals surface area contributed by atoms with Crippen molar-refractivity contribution in [2.75, 3.05) is 5.32 Å². The number of hydrogen-bond donors (Lipinski definition) is 2. The van der Waals surface area contributed by atoms with Crippen LogP contribution in [-0.2, 0) is 0 Å². The Bertz CT molecular complexity index is 366. The lowest BCUT2D eigenvalue weighted by molar-refractivity contribution is 0.255. The highest BCUT2D eigenvalue weighted by Crippen LogP contribution is 2.14. The molecule has 0 saturated carbocycles. The second kappa shape index (κ2) is 4.36. The Morgan fingerprint density at radius 1 is 1.43 bits per heavy atom. The van der Waals surface area contributed by atoms with E-state index in [0.717, 1.165) is 24.4 Å². The van der Waals surface area contributed by atoms with Gasteiger partial charge in [-0.1, -0.05) is 6.58 Å². The molecule has 1 rings (SSSR count). The molecule has 2 N–H and O–H groups in total. The maximum absolute atomic E-state index is 12.9. The average molecular weight is 198 g/mol. The second-order valence-electron chi connectivity index (χ2n) is 2.43. The van der Waals surface area contributed by atoms with Crippen LogP contribution in [0.1, 0.15) is 0 Å². The summed E-state index contributed by atoms with van der Waals surface area (Å²) in [4.78, 5) is 10.9. The van der Waals surface area contributed by atoms with Gasteiger partial charge in [-0.25, -0.2) is 13.6 Å². The molecule has 74 valence electrons. The van der Waals surface area contributed by atoms with Gasteiger partial charge < -0.3 is 10.6 Å². The molecule has 0 fully saturated rings. The zero-order valence-corrected chi connectivity index (χ0v) is 7.18. The monoisotopic (exact) mass is 198 g/mol. The van der Waals surface area contributed by atoms with Crippen LogP contribution in [0, 0.1) is 11.6 Å². The van der Waals surface area contributed by atoms with Crippen molar-refractivity contribution in [3.05, 3.63) is 42.6 Å². The normalized spacial score (nSPS) is 9.29. The lowest BCUT2D eigenvalue weighted by atomic mass is 10.3. The second-order valence-corrected chi connectivity index (χ2v) is 2.43. The summed E-state index contributed by atoms with van der Waals surface area (Å²) in [6, 6.07) is 2.10. The first-order valence-corrected chi connectivity index (χ1v) is 3.77. The summed E-state index contributed by atoms with van der Waals surface area (Å²) in [7, 11) is 0. The van der Waals surface area contributed by atoms with Crippen LogP contribution in [0.4, 0.5) is 19.3 Å². The van der Waals surface area contributed by atoms with Gasteiger partial charge in [0.2, 0.25) is 0 Å². The molecule has 1 aromatic carbocycles. The minimum Gasteiger partial charge on any atom is -0.315 e. The number of anilines is 1. The lowest BCUT2D eigenvalue weighted by Gasteiger charge is -2.05. The quantitative estimate of drug-likeness (QED) is 0.751. The molecular formula is C9H8F2N2O. The van der Waals surface area contributed by atoms with E-state index in [1.165, 1.54) is 0 Å². The zero-order valence-electron chi connectivity index (χ0n) is 7.18.